The molecule has 2 heterocycles. The predicted octanol–water partition coefficient (Wildman–Crippen LogP) is 7.29. The Bertz CT molecular complexity index is 1570. The number of para-hydroxylation sites is 1. The Morgan fingerprint density at radius 2 is 1.62 bits per heavy atom. The van der Waals surface area contributed by atoms with Crippen LogP contribution in [-0.2, 0) is 0 Å². The van der Waals surface area contributed by atoms with Crippen molar-refractivity contribution in [2.45, 2.75) is 6.92 Å². The lowest BCUT2D eigenvalue weighted by Gasteiger charge is -2.13. The standard InChI is InChI=1S/C27H18Cl2N2O3/c1-15-7-12-19-21(28)14-22(29)26(25(19)30-15)34-27(32)20-13-24(16-8-10-17(33-2)11-9-16)31-23-6-4-3-5-18(20)23/h3-14H,1-2H3. The van der Waals surface area contributed by atoms with Gasteiger partial charge in [-0.15, -0.1) is 0 Å². The van der Waals surface area contributed by atoms with Crippen LogP contribution >= 0.6 is 23.2 Å². The summed E-state index contributed by atoms with van der Waals surface area (Å²) in [5.41, 5.74) is 3.69. The number of nitrogens with zero attached hydrogens (tertiary/aromatic N) is 2. The van der Waals surface area contributed by atoms with Crippen LogP contribution < -0.4 is 9.47 Å². The first kappa shape index (κ1) is 22.1. The molecule has 34 heavy (non-hydrogen) atoms. The smallest absolute Gasteiger partial charge is 0.344 e. The molecule has 168 valence electrons. The second-order valence-corrected chi connectivity index (χ2v) is 8.52. The molecule has 0 spiro atoms. The Morgan fingerprint density at radius 1 is 0.853 bits per heavy atom. The summed E-state index contributed by atoms with van der Waals surface area (Å²) in [4.78, 5) is 22.7. The number of hydrogen-bond acceptors (Lipinski definition) is 5. The molecule has 0 N–H and O–H groups in total. The van der Waals surface area contributed by atoms with Gasteiger partial charge < -0.3 is 9.47 Å². The molecule has 0 saturated heterocycles. The van der Waals surface area contributed by atoms with E-state index in [9.17, 15) is 4.79 Å². The number of esters is 1. The molecule has 0 unspecified atom stereocenters. The molecule has 0 fully saturated rings. The van der Waals surface area contributed by atoms with Gasteiger partial charge in [-0.1, -0.05) is 41.4 Å². The fourth-order valence-electron chi connectivity index (χ4n) is 3.79. The van der Waals surface area contributed by atoms with E-state index >= 15 is 0 Å². The van der Waals surface area contributed by atoms with E-state index < -0.39 is 5.97 Å². The molecule has 0 saturated carbocycles. The first-order chi connectivity index (χ1) is 16.4. The van der Waals surface area contributed by atoms with Gasteiger partial charge in [-0.05, 0) is 61.5 Å². The Hall–Kier alpha value is -3.67. The first-order valence-electron chi connectivity index (χ1n) is 10.5. The van der Waals surface area contributed by atoms with Gasteiger partial charge in [0.1, 0.15) is 11.3 Å². The molecule has 5 rings (SSSR count). The highest BCUT2D eigenvalue weighted by Crippen LogP contribution is 2.38. The minimum Gasteiger partial charge on any atom is -0.497 e. The van der Waals surface area contributed by atoms with Gasteiger partial charge in [-0.25, -0.2) is 14.8 Å². The summed E-state index contributed by atoms with van der Waals surface area (Å²) in [6.45, 7) is 1.84. The molecule has 0 radical (unpaired) electrons. The Balaban J connectivity index is 1.63. The number of methoxy groups -OCH3 is 1. The summed E-state index contributed by atoms with van der Waals surface area (Å²) in [5, 5.41) is 1.96. The number of fused-ring (bicyclic) bond motifs is 2. The lowest BCUT2D eigenvalue weighted by atomic mass is 10.0. The van der Waals surface area contributed by atoms with Crippen molar-refractivity contribution in [3.05, 3.63) is 94.1 Å². The van der Waals surface area contributed by atoms with Crippen molar-refractivity contribution in [3.63, 3.8) is 0 Å². The van der Waals surface area contributed by atoms with E-state index in [1.165, 1.54) is 0 Å². The van der Waals surface area contributed by atoms with Crippen molar-refractivity contribution < 1.29 is 14.3 Å². The van der Waals surface area contributed by atoms with Gasteiger partial charge in [0.25, 0.3) is 0 Å². The van der Waals surface area contributed by atoms with Crippen molar-refractivity contribution in [2.75, 3.05) is 7.11 Å². The summed E-state index contributed by atoms with van der Waals surface area (Å²) in [6, 6.07) is 21.8. The van der Waals surface area contributed by atoms with Gasteiger partial charge in [0, 0.05) is 22.0 Å². The highest BCUT2D eigenvalue weighted by Gasteiger charge is 2.20. The zero-order chi connectivity index (χ0) is 23.8. The van der Waals surface area contributed by atoms with E-state index in [1.54, 1.807) is 19.2 Å². The average Bonchev–Trinajstić information content (AvgIpc) is 2.85. The van der Waals surface area contributed by atoms with Gasteiger partial charge in [-0.3, -0.25) is 0 Å². The third kappa shape index (κ3) is 4.04. The van der Waals surface area contributed by atoms with E-state index in [-0.39, 0.29) is 10.8 Å². The molecule has 0 bridgehead atoms. The molecule has 0 aliphatic rings. The van der Waals surface area contributed by atoms with Crippen LogP contribution in [0.5, 0.6) is 11.5 Å². The van der Waals surface area contributed by atoms with Crippen LogP contribution in [0.4, 0.5) is 0 Å². The number of aryl methyl sites for hydroxylation is 1. The minimum atomic E-state index is -0.567. The maximum Gasteiger partial charge on any atom is 0.344 e. The number of rotatable bonds is 4. The van der Waals surface area contributed by atoms with Gasteiger partial charge in [0.2, 0.25) is 0 Å². The number of hydrogen-bond donors (Lipinski definition) is 0. The zero-order valence-electron chi connectivity index (χ0n) is 18.3. The average molecular weight is 489 g/mol. The summed E-state index contributed by atoms with van der Waals surface area (Å²) >= 11 is 12.8. The number of ether oxygens (including phenoxy) is 2. The molecule has 5 aromatic rings. The lowest BCUT2D eigenvalue weighted by Crippen LogP contribution is -2.11. The van der Waals surface area contributed by atoms with Gasteiger partial charge >= 0.3 is 5.97 Å². The molecule has 7 heteroatoms. The van der Waals surface area contributed by atoms with Crippen molar-refractivity contribution in [2.24, 2.45) is 0 Å². The lowest BCUT2D eigenvalue weighted by molar-refractivity contribution is 0.0739. The quantitative estimate of drug-likeness (QED) is 0.196. The van der Waals surface area contributed by atoms with Crippen molar-refractivity contribution in [3.8, 4) is 22.8 Å². The normalized spacial score (nSPS) is 11.1. The summed E-state index contributed by atoms with van der Waals surface area (Å²) in [6.07, 6.45) is 0. The maximum absolute atomic E-state index is 13.5. The second kappa shape index (κ2) is 8.93. The summed E-state index contributed by atoms with van der Waals surface area (Å²) in [5.74, 6) is 0.333. The van der Waals surface area contributed by atoms with Gasteiger partial charge in [-0.2, -0.15) is 0 Å². The van der Waals surface area contributed by atoms with Crippen LogP contribution in [0.2, 0.25) is 10.0 Å². The van der Waals surface area contributed by atoms with Crippen LogP contribution in [0.3, 0.4) is 0 Å². The van der Waals surface area contributed by atoms with E-state index in [4.69, 9.17) is 37.7 Å². The molecule has 0 atom stereocenters. The second-order valence-electron chi connectivity index (χ2n) is 7.71. The fourth-order valence-corrected chi connectivity index (χ4v) is 4.34. The zero-order valence-corrected chi connectivity index (χ0v) is 19.8. The van der Waals surface area contributed by atoms with E-state index in [1.807, 2.05) is 67.6 Å². The number of aromatic nitrogens is 2. The minimum absolute atomic E-state index is 0.168. The van der Waals surface area contributed by atoms with Crippen molar-refractivity contribution >= 4 is 51.0 Å². The van der Waals surface area contributed by atoms with Crippen molar-refractivity contribution in [1.29, 1.82) is 0 Å². The van der Waals surface area contributed by atoms with E-state index in [2.05, 4.69) is 4.98 Å². The predicted molar refractivity (Wildman–Crippen MR) is 135 cm³/mol. The largest absolute Gasteiger partial charge is 0.497 e. The molecule has 0 aliphatic heterocycles. The van der Waals surface area contributed by atoms with Crippen molar-refractivity contribution in [1.82, 2.24) is 9.97 Å². The first-order valence-corrected chi connectivity index (χ1v) is 11.2. The van der Waals surface area contributed by atoms with Crippen LogP contribution in [0.15, 0.2) is 72.8 Å². The Morgan fingerprint density at radius 3 is 2.38 bits per heavy atom. The highest BCUT2D eigenvalue weighted by molar-refractivity contribution is 6.39. The molecular weight excluding hydrogens is 471 g/mol. The topological polar surface area (TPSA) is 61.3 Å². The SMILES string of the molecule is COc1ccc(-c2cc(C(=O)Oc3c(Cl)cc(Cl)c4ccc(C)nc34)c3ccccc3n2)cc1. The van der Waals surface area contributed by atoms with E-state index in [0.717, 1.165) is 17.0 Å². The number of halogens is 2. The van der Waals surface area contributed by atoms with Crippen LogP contribution in [-0.4, -0.2) is 23.0 Å². The molecular formula is C27H18Cl2N2O3. The van der Waals surface area contributed by atoms with Gasteiger partial charge in [0.15, 0.2) is 5.75 Å². The third-order valence-electron chi connectivity index (χ3n) is 5.49. The molecule has 0 amide bonds. The maximum atomic E-state index is 13.5. The number of carbonyl (C=O) groups excluding carboxylic acids is 1. The highest BCUT2D eigenvalue weighted by atomic mass is 35.5. The molecule has 5 nitrogen and oxygen atoms in total. The molecule has 2 aromatic heterocycles. The summed E-state index contributed by atoms with van der Waals surface area (Å²) < 4.78 is 11.1. The monoisotopic (exact) mass is 488 g/mol. The Kier molecular flexibility index (Phi) is 5.82. The number of carbonyl (C=O) groups is 1. The number of benzene rings is 3. The molecule has 3 aromatic carbocycles. The van der Waals surface area contributed by atoms with Crippen LogP contribution in [0.25, 0.3) is 33.1 Å². The van der Waals surface area contributed by atoms with E-state index in [0.29, 0.717) is 38.1 Å². The van der Waals surface area contributed by atoms with Crippen LogP contribution in [0.1, 0.15) is 16.1 Å². The fraction of sp³-hybridized carbons (Fsp3) is 0.0741. The number of pyridine rings is 2. The van der Waals surface area contributed by atoms with Gasteiger partial charge in [0.05, 0.1) is 33.9 Å². The van der Waals surface area contributed by atoms with Crippen LogP contribution in [0, 0.1) is 6.92 Å². The molecule has 0 aliphatic carbocycles. The Labute approximate surface area is 205 Å². The third-order valence-corrected chi connectivity index (χ3v) is 6.09. The summed E-state index contributed by atoms with van der Waals surface area (Å²) in [7, 11) is 1.61.